The first-order valence-corrected chi connectivity index (χ1v) is 10.7. The normalized spacial score (nSPS) is 16.0. The van der Waals surface area contributed by atoms with Crippen molar-refractivity contribution in [2.75, 3.05) is 11.9 Å². The number of carbonyl (C=O) groups is 2. The van der Waals surface area contributed by atoms with Crippen molar-refractivity contribution >= 4 is 39.7 Å². The fourth-order valence-electron chi connectivity index (χ4n) is 3.82. The molecular weight excluding hydrogens is 417 g/mol. The summed E-state index contributed by atoms with van der Waals surface area (Å²) in [5, 5.41) is 12.6. The lowest BCUT2D eigenvalue weighted by molar-refractivity contribution is 0.0730. The lowest BCUT2D eigenvalue weighted by Crippen LogP contribution is -2.30. The van der Waals surface area contributed by atoms with Crippen molar-refractivity contribution in [3.8, 4) is 0 Å². The summed E-state index contributed by atoms with van der Waals surface area (Å²) in [6.07, 6.45) is 1.60. The van der Waals surface area contributed by atoms with Crippen LogP contribution in [-0.2, 0) is 0 Å². The van der Waals surface area contributed by atoms with E-state index in [0.29, 0.717) is 22.9 Å². The first-order chi connectivity index (χ1) is 15.1. The van der Waals surface area contributed by atoms with E-state index < -0.39 is 11.7 Å². The van der Waals surface area contributed by atoms with Gasteiger partial charge in [0.1, 0.15) is 16.5 Å². The highest BCUT2D eigenvalue weighted by molar-refractivity contribution is 7.13. The van der Waals surface area contributed by atoms with E-state index in [9.17, 15) is 14.0 Å². The van der Waals surface area contributed by atoms with E-state index in [0.717, 1.165) is 35.1 Å². The van der Waals surface area contributed by atoms with E-state index in [1.165, 1.54) is 18.2 Å². The monoisotopic (exact) mass is 435 g/mol. The molecule has 1 aliphatic rings. The highest BCUT2D eigenvalue weighted by atomic mass is 32.1. The van der Waals surface area contributed by atoms with Crippen molar-refractivity contribution in [1.29, 1.82) is 0 Å². The van der Waals surface area contributed by atoms with Crippen LogP contribution in [0.3, 0.4) is 0 Å². The van der Waals surface area contributed by atoms with Gasteiger partial charge in [-0.25, -0.2) is 4.39 Å². The largest absolute Gasteiger partial charge is 0.351 e. The molecule has 3 heterocycles. The summed E-state index contributed by atoms with van der Waals surface area (Å²) in [5.74, 6) is -0.992. The quantitative estimate of drug-likeness (QED) is 0.497. The van der Waals surface area contributed by atoms with Gasteiger partial charge >= 0.3 is 0 Å². The third-order valence-corrected chi connectivity index (χ3v) is 6.30. The van der Waals surface area contributed by atoms with Gasteiger partial charge in [0.15, 0.2) is 0 Å². The zero-order chi connectivity index (χ0) is 21.4. The minimum Gasteiger partial charge on any atom is -0.351 e. The molecule has 9 heteroatoms. The summed E-state index contributed by atoms with van der Waals surface area (Å²) < 4.78 is 13.3. The molecular formula is C22H18FN5O2S. The van der Waals surface area contributed by atoms with Crippen LogP contribution in [0.1, 0.15) is 44.2 Å². The zero-order valence-electron chi connectivity index (χ0n) is 16.3. The number of fused-ring (bicyclic) bond motifs is 1. The van der Waals surface area contributed by atoms with Gasteiger partial charge in [0, 0.05) is 23.1 Å². The third kappa shape index (κ3) is 3.79. The third-order valence-electron chi connectivity index (χ3n) is 5.28. The van der Waals surface area contributed by atoms with Crippen molar-refractivity contribution < 1.29 is 14.0 Å². The molecule has 2 N–H and O–H groups in total. The minimum absolute atomic E-state index is 0.0975. The molecule has 2 amide bonds. The number of carbonyl (C=O) groups excluding carboxylic acids is 2. The van der Waals surface area contributed by atoms with Crippen LogP contribution in [0.2, 0.25) is 0 Å². The van der Waals surface area contributed by atoms with E-state index in [2.05, 4.69) is 20.5 Å². The van der Waals surface area contributed by atoms with Crippen LogP contribution in [0.15, 0.2) is 54.6 Å². The molecule has 0 bridgehead atoms. The molecule has 7 nitrogen and oxygen atoms in total. The molecule has 0 radical (unpaired) electrons. The molecule has 1 aliphatic heterocycles. The van der Waals surface area contributed by atoms with Gasteiger partial charge in [-0.3, -0.25) is 9.59 Å². The number of amides is 2. The van der Waals surface area contributed by atoms with Crippen molar-refractivity contribution in [3.63, 3.8) is 0 Å². The Labute approximate surface area is 180 Å². The number of nitrogens with one attached hydrogen (secondary N) is 2. The van der Waals surface area contributed by atoms with Crippen LogP contribution in [-0.4, -0.2) is 38.4 Å². The standard InChI is InChI=1S/C22H18FN5O2S/c23-14-6-3-7-15(12-14)24-19(29)21-27-26-20(31-21)18-9-4-10-28(18)22(30)17-11-13-5-1-2-8-16(13)25-17/h1-3,5-8,11-12,18,25H,4,9-10H2,(H,24,29)/t18-/m0/s1. The highest BCUT2D eigenvalue weighted by Crippen LogP contribution is 2.35. The Kier molecular flexibility index (Phi) is 4.95. The fraction of sp³-hybridized carbons (Fsp3) is 0.182. The lowest BCUT2D eigenvalue weighted by Gasteiger charge is -2.22. The van der Waals surface area contributed by atoms with Gasteiger partial charge in [-0.05, 0) is 43.2 Å². The van der Waals surface area contributed by atoms with E-state index in [-0.39, 0.29) is 17.0 Å². The number of hydrogen-bond donors (Lipinski definition) is 2. The molecule has 4 aromatic rings. The van der Waals surface area contributed by atoms with Gasteiger partial charge in [-0.1, -0.05) is 35.6 Å². The number of aromatic nitrogens is 3. The molecule has 0 unspecified atom stereocenters. The van der Waals surface area contributed by atoms with Gasteiger partial charge in [0.05, 0.1) is 6.04 Å². The number of aromatic amines is 1. The van der Waals surface area contributed by atoms with Crippen LogP contribution in [0.4, 0.5) is 10.1 Å². The SMILES string of the molecule is O=C(Nc1cccc(F)c1)c1nnc([C@@H]2CCCN2C(=O)c2cc3ccccc3[nH]2)s1. The Morgan fingerprint density at radius 2 is 2.00 bits per heavy atom. The van der Waals surface area contributed by atoms with Gasteiger partial charge < -0.3 is 15.2 Å². The second-order valence-electron chi connectivity index (χ2n) is 7.34. The number of likely N-dealkylation sites (tertiary alicyclic amines) is 1. The molecule has 2 aromatic heterocycles. The number of anilines is 1. The molecule has 0 saturated carbocycles. The average molecular weight is 435 g/mol. The van der Waals surface area contributed by atoms with E-state index in [1.54, 1.807) is 11.0 Å². The second-order valence-corrected chi connectivity index (χ2v) is 8.35. The van der Waals surface area contributed by atoms with Gasteiger partial charge in [0.25, 0.3) is 11.8 Å². The summed E-state index contributed by atoms with van der Waals surface area (Å²) >= 11 is 1.15. The smallest absolute Gasteiger partial charge is 0.286 e. The van der Waals surface area contributed by atoms with Crippen molar-refractivity contribution in [2.45, 2.75) is 18.9 Å². The molecule has 5 rings (SSSR count). The predicted molar refractivity (Wildman–Crippen MR) is 116 cm³/mol. The second kappa shape index (κ2) is 7.92. The Hall–Kier alpha value is -3.59. The molecule has 156 valence electrons. The van der Waals surface area contributed by atoms with Crippen molar-refractivity contribution in [1.82, 2.24) is 20.1 Å². The van der Waals surface area contributed by atoms with Gasteiger partial charge in [-0.15, -0.1) is 10.2 Å². The maximum Gasteiger partial charge on any atom is 0.286 e. The molecule has 2 aromatic carbocycles. The summed E-state index contributed by atoms with van der Waals surface area (Å²) in [7, 11) is 0. The molecule has 0 spiro atoms. The topological polar surface area (TPSA) is 91.0 Å². The first-order valence-electron chi connectivity index (χ1n) is 9.87. The number of rotatable bonds is 4. The van der Waals surface area contributed by atoms with Crippen LogP contribution in [0.25, 0.3) is 10.9 Å². The van der Waals surface area contributed by atoms with Gasteiger partial charge in [0.2, 0.25) is 5.01 Å². The predicted octanol–water partition coefficient (Wildman–Crippen LogP) is 4.39. The summed E-state index contributed by atoms with van der Waals surface area (Å²) in [6.45, 7) is 0.614. The molecule has 31 heavy (non-hydrogen) atoms. The van der Waals surface area contributed by atoms with Crippen LogP contribution >= 0.6 is 11.3 Å². The molecule has 1 atom stereocenters. The van der Waals surface area contributed by atoms with Crippen LogP contribution in [0, 0.1) is 5.82 Å². The average Bonchev–Trinajstić information content (AvgIpc) is 3.51. The maximum atomic E-state index is 13.3. The fourth-order valence-corrected chi connectivity index (χ4v) is 4.71. The number of nitrogens with zero attached hydrogens (tertiary/aromatic N) is 3. The van der Waals surface area contributed by atoms with Gasteiger partial charge in [-0.2, -0.15) is 0 Å². The van der Waals surface area contributed by atoms with Crippen molar-refractivity contribution in [3.05, 3.63) is 76.1 Å². The summed E-state index contributed by atoms with van der Waals surface area (Å²) in [6, 6.07) is 15.0. The van der Waals surface area contributed by atoms with E-state index >= 15 is 0 Å². The highest BCUT2D eigenvalue weighted by Gasteiger charge is 2.34. The Balaban J connectivity index is 1.34. The minimum atomic E-state index is -0.458. The molecule has 1 fully saturated rings. The van der Waals surface area contributed by atoms with Crippen LogP contribution < -0.4 is 5.32 Å². The van der Waals surface area contributed by atoms with E-state index in [4.69, 9.17) is 0 Å². The first kappa shape index (κ1) is 19.4. The number of para-hydroxylation sites is 1. The maximum absolute atomic E-state index is 13.3. The van der Waals surface area contributed by atoms with E-state index in [1.807, 2.05) is 30.3 Å². The Morgan fingerprint density at radius 3 is 2.84 bits per heavy atom. The lowest BCUT2D eigenvalue weighted by atomic mass is 10.2. The summed E-state index contributed by atoms with van der Waals surface area (Å²) in [4.78, 5) is 30.6. The summed E-state index contributed by atoms with van der Waals surface area (Å²) in [5.41, 5.74) is 1.79. The van der Waals surface area contributed by atoms with Crippen LogP contribution in [0.5, 0.6) is 0 Å². The molecule has 0 aliphatic carbocycles. The number of hydrogen-bond acceptors (Lipinski definition) is 5. The Bertz CT molecular complexity index is 1250. The van der Waals surface area contributed by atoms with Crippen molar-refractivity contribution in [2.24, 2.45) is 0 Å². The molecule has 1 saturated heterocycles. The zero-order valence-corrected chi connectivity index (χ0v) is 17.2. The Morgan fingerprint density at radius 1 is 1.13 bits per heavy atom. The number of H-pyrrole nitrogens is 1. The number of halogens is 1. The number of benzene rings is 2.